The van der Waals surface area contributed by atoms with E-state index in [1.165, 1.54) is 57.4 Å². The maximum atomic E-state index is 14.5. The number of anilines is 4. The number of allylic oxidation sites excluding steroid dienone is 2. The molecule has 1 unspecified atom stereocenters. The zero-order valence-corrected chi connectivity index (χ0v) is 83.0. The van der Waals surface area contributed by atoms with Crippen LogP contribution in [-0.2, 0) is 51.9 Å². The van der Waals surface area contributed by atoms with Gasteiger partial charge in [0.05, 0.1) is 77.9 Å². The van der Waals surface area contributed by atoms with Crippen LogP contribution in [0.15, 0.2) is 159 Å². The number of furan rings is 1. The maximum Gasteiger partial charge on any atom is 0.309 e. The van der Waals surface area contributed by atoms with Crippen LogP contribution in [0.3, 0.4) is 0 Å². The summed E-state index contributed by atoms with van der Waals surface area (Å²) < 4.78 is 84.3. The number of nitrogens with two attached hydrogens (primary N) is 1. The molecule has 39 nitrogen and oxygen atoms in total. The van der Waals surface area contributed by atoms with Crippen molar-refractivity contribution in [3.63, 3.8) is 0 Å². The topological polar surface area (TPSA) is 527 Å². The first kappa shape index (κ1) is 103. The number of nitrogens with one attached hydrogen (secondary N) is 8. The summed E-state index contributed by atoms with van der Waals surface area (Å²) in [6, 6.07) is 6.94. The number of methoxy groups -OCH3 is 1. The van der Waals surface area contributed by atoms with Crippen LogP contribution in [0.25, 0.3) is 78.4 Å². The minimum Gasteiger partial charge on any atom is -0.481 e. The number of carboxylic acids is 1. The Bertz CT molecular complexity index is 7410. The molecule has 0 spiro atoms. The number of aromatic nitrogens is 24. The third-order valence-electron chi connectivity index (χ3n) is 28.9. The van der Waals surface area contributed by atoms with E-state index in [1.54, 1.807) is 66.1 Å². The van der Waals surface area contributed by atoms with Gasteiger partial charge in [-0.1, -0.05) is 59.1 Å². The van der Waals surface area contributed by atoms with Gasteiger partial charge in [0.1, 0.15) is 60.1 Å². The first-order valence-corrected chi connectivity index (χ1v) is 50.1. The first-order chi connectivity index (χ1) is 72.2. The number of carbonyl (C=O) groups is 5. The zero-order chi connectivity index (χ0) is 104. The molecule has 11 N–H and O–H groups in total. The molecule has 15 aromatic heterocycles. The Labute approximate surface area is 852 Å². The van der Waals surface area contributed by atoms with E-state index in [1.807, 2.05) is 64.1 Å². The van der Waals surface area contributed by atoms with Gasteiger partial charge in [0.25, 0.3) is 11.8 Å². The fraction of sp³-hybridized carbons (Fsp3) is 0.400. The van der Waals surface area contributed by atoms with Crippen molar-refractivity contribution < 1.29 is 60.2 Å². The number of fused-ring (bicyclic) bond motifs is 5. The lowest BCUT2D eigenvalue weighted by Gasteiger charge is -2.40. The van der Waals surface area contributed by atoms with Crippen LogP contribution in [0.4, 0.5) is 45.2 Å². The van der Waals surface area contributed by atoms with E-state index in [0.29, 0.717) is 137 Å². The molecule has 1 saturated heterocycles. The van der Waals surface area contributed by atoms with E-state index in [0.717, 1.165) is 166 Å². The number of aromatic amines is 3. The molecule has 5 fully saturated rings. The van der Waals surface area contributed by atoms with Crippen molar-refractivity contribution >= 4 is 97.2 Å². The summed E-state index contributed by atoms with van der Waals surface area (Å²) >= 11 is 0. The Balaban J connectivity index is 0.000000122. The van der Waals surface area contributed by atoms with Gasteiger partial charge in [0.2, 0.25) is 5.91 Å². The number of nitrogen functional groups attached to an aromatic ring is 1. The number of carbonyl (C=O) groups excluding carboxylic acids is 4. The number of ether oxygens (including phenoxy) is 1. The second kappa shape index (κ2) is 46.2. The Morgan fingerprint density at radius 2 is 1.03 bits per heavy atom. The van der Waals surface area contributed by atoms with E-state index in [9.17, 15) is 51.0 Å². The molecule has 149 heavy (non-hydrogen) atoms. The van der Waals surface area contributed by atoms with Crippen molar-refractivity contribution in [2.24, 2.45) is 35.6 Å². The van der Waals surface area contributed by atoms with Gasteiger partial charge < -0.3 is 71.0 Å². The Morgan fingerprint density at radius 1 is 0.530 bits per heavy atom. The molecule has 0 aromatic carbocycles. The molecule has 22 rings (SSSR count). The lowest BCUT2D eigenvalue weighted by Crippen LogP contribution is -2.42. The Hall–Kier alpha value is -16.3. The molecule has 0 radical (unpaired) electrons. The number of likely N-dealkylation sites (tertiary alicyclic amines) is 1. The van der Waals surface area contributed by atoms with Crippen molar-refractivity contribution in [3.8, 4) is 34.2 Å². The highest BCUT2D eigenvalue weighted by Crippen LogP contribution is 2.47. The second-order valence-electron chi connectivity index (χ2n) is 39.3. The fourth-order valence-corrected chi connectivity index (χ4v) is 20.7. The average molecular weight is 2030 g/mol. The van der Waals surface area contributed by atoms with Gasteiger partial charge in [0, 0.05) is 175 Å². The van der Waals surface area contributed by atoms with Gasteiger partial charge in [0.15, 0.2) is 81.4 Å². The lowest BCUT2D eigenvalue weighted by molar-refractivity contribution is -0.155. The van der Waals surface area contributed by atoms with Gasteiger partial charge in [-0.25, -0.2) is 122 Å². The van der Waals surface area contributed by atoms with Crippen molar-refractivity contribution in [2.75, 3.05) is 41.9 Å². The summed E-state index contributed by atoms with van der Waals surface area (Å²) in [6.45, 7) is 9.65. The molecule has 6 aliphatic carbocycles. The van der Waals surface area contributed by atoms with Gasteiger partial charge >= 0.3 is 11.9 Å². The van der Waals surface area contributed by atoms with E-state index in [2.05, 4.69) is 141 Å². The summed E-state index contributed by atoms with van der Waals surface area (Å²) in [6.07, 6.45) is 50.6. The number of hydrogen-bond donors (Lipinski definition) is 10. The monoisotopic (exact) mass is 2030 g/mol. The Morgan fingerprint density at radius 3 is 1.57 bits per heavy atom. The Kier molecular flexibility index (Phi) is 31.8. The van der Waals surface area contributed by atoms with Crippen LogP contribution in [0.1, 0.15) is 223 Å². The van der Waals surface area contributed by atoms with E-state index < -0.39 is 40.5 Å². The number of esters is 1. The number of aliphatic carboxylic acids is 1. The number of amides is 3. The van der Waals surface area contributed by atoms with Crippen LogP contribution in [0.2, 0.25) is 0 Å². The van der Waals surface area contributed by atoms with Crippen LogP contribution >= 0.6 is 0 Å². The number of carboxylic acid groups (broad SMARTS) is 1. The normalized spacial score (nSPS) is 19.5. The highest BCUT2D eigenvalue weighted by atomic mass is 19.1. The molecule has 9 atom stereocenters. The molecular weight excluding hydrogens is 1920 g/mol. The second-order valence-corrected chi connectivity index (χ2v) is 39.3. The average Bonchev–Trinajstić information content (AvgIpc) is 1.52. The van der Waals surface area contributed by atoms with E-state index in [4.69, 9.17) is 14.9 Å². The van der Waals surface area contributed by atoms with Gasteiger partial charge in [-0.3, -0.25) is 24.0 Å². The largest absolute Gasteiger partial charge is 0.481 e. The molecule has 1 aliphatic heterocycles. The summed E-state index contributed by atoms with van der Waals surface area (Å²) in [4.78, 5) is 157. The smallest absolute Gasteiger partial charge is 0.309 e. The lowest BCUT2D eigenvalue weighted by atomic mass is 9.63. The molecular formula is C105H114F5N31O8. The minimum absolute atomic E-state index is 0.00731. The number of nitrogens with zero attached hydrogens (tertiary/aromatic N) is 22. The minimum atomic E-state index is -0.815. The van der Waals surface area contributed by atoms with Crippen molar-refractivity contribution in [2.45, 2.75) is 212 Å². The third-order valence-corrected chi connectivity index (χ3v) is 28.9. The standard InChI is InChI=1S/C23H24FN7O.C22H21FN6O2.C21H25FN8O.C20H22FN5O2.C19H22FN5O2/c1-31-9-3-6-20(31)23(32)29-15-5-2-4-14(10-15)28-22-18(24)12-26-21(30-22)16-7-8-19-17(16)11-25-13-27-19;23-17-11-25-20(15-6-7-18-16(15)10-24-12-26-18)29-21(17)27-13-3-1-4-14(9-13)28-22(30)19-5-2-8-31-19;22-15-10-25-18(14-9-24-20-16(14)17(23)26-11-27-20)29-19(15)28-13-5-3-4-12(8-13)21(31)30-6-1-2-7-30;1-2-20(19(27)28)6-4-3-5-12(20)7-16-15(21)10-24-18(26-16)14-9-23-17-13(14)8-22-11-25-17;1-19(2,3)11(6-16(26)27-4)5-15-14(20)9-23-18(25-15)13-8-22-17-12(13)7-21-10-24-17/h3,6-7,9,11-15H,2,4-5,8,10H2,1H3,(H,29,32)(H,26,28,30);2,5-6,8,10-14H,1,3-4,7,9H2,(H,28,30)(H,25,27,29);9-13H,1-8H2,(H,25,28,29)(H3,23,24,26,27);8-12H,2-7H2,1H3,(H,27,28)(H,22,23,25);7-11H,5-6H2,1-4H3,(H,21,22,24)/t14-,15+;13-,14+;12-,13+;12-,20+;/m1100./s1. The number of H-pyrrole nitrogens is 3. The first-order valence-electron chi connectivity index (χ1n) is 50.1. The molecule has 3 amide bonds. The summed E-state index contributed by atoms with van der Waals surface area (Å²) in [5.41, 5.74) is 15.2. The van der Waals surface area contributed by atoms with Crippen LogP contribution in [0, 0.1) is 57.7 Å². The van der Waals surface area contributed by atoms with Crippen molar-refractivity contribution in [3.05, 3.63) is 241 Å². The molecule has 44 heteroatoms. The third kappa shape index (κ3) is 23.8. The van der Waals surface area contributed by atoms with Gasteiger partial charge in [-0.05, 0) is 157 Å². The highest BCUT2D eigenvalue weighted by Gasteiger charge is 2.47. The van der Waals surface area contributed by atoms with Crippen LogP contribution in [0.5, 0.6) is 0 Å². The predicted molar refractivity (Wildman–Crippen MR) is 542 cm³/mol. The number of hydrogen-bond acceptors (Lipinski definition) is 31. The molecule has 0 bridgehead atoms. The van der Waals surface area contributed by atoms with E-state index in [-0.39, 0.29) is 118 Å². The highest BCUT2D eigenvalue weighted by molar-refractivity contribution is 5.99. The maximum absolute atomic E-state index is 14.5. The SMILES string of the molecule is CC[C@@]1(C(=O)O)CCCC[C@H]1Cc1nc(-c2c[nH]c3ncncc23)ncc1F.COC(=O)CC(Cc1nc(-c2c[nH]c3ncncc23)ncc1F)C(C)(C)C.Cn1cccc1C(=O)N[C@H]1CCC[C@@H](Nc2nc(C3=CCc4ncncc43)ncc2F)C1.Nc1ncnc2[nH]cc(-c3ncc(F)c(N[C@@H]4CCC[C@H](C(=O)N5CCCC5)C4)n3)c12.O=C(N[C@H]1CCC[C@@H](Nc2nc(C3=CCc4ncncc43)ncc2F)C1)c1ccco1. The van der Waals surface area contributed by atoms with Gasteiger partial charge in [-0.15, -0.1) is 0 Å². The van der Waals surface area contributed by atoms with Crippen molar-refractivity contribution in [1.82, 2.24) is 135 Å². The number of rotatable bonds is 24. The summed E-state index contributed by atoms with van der Waals surface area (Å²) in [5.74, 6) is -0.944. The van der Waals surface area contributed by atoms with Crippen LogP contribution in [-0.4, -0.2) is 209 Å². The zero-order valence-electron chi connectivity index (χ0n) is 83.0. The summed E-state index contributed by atoms with van der Waals surface area (Å²) in [5, 5.41) is 27.8. The fourth-order valence-electron chi connectivity index (χ4n) is 20.7. The molecule has 772 valence electrons. The summed E-state index contributed by atoms with van der Waals surface area (Å²) in [7, 11) is 3.20. The number of halogens is 5. The van der Waals surface area contributed by atoms with Crippen molar-refractivity contribution in [1.29, 1.82) is 0 Å². The molecule has 16 heterocycles. The predicted octanol–water partition coefficient (Wildman–Crippen LogP) is 15.8. The van der Waals surface area contributed by atoms with E-state index >= 15 is 0 Å². The van der Waals surface area contributed by atoms with Crippen LogP contribution < -0.4 is 32.3 Å². The number of aryl methyl sites for hydroxylation is 1. The quantitative estimate of drug-likeness (QED) is 0.0198. The molecule has 4 saturated carbocycles. The molecule has 15 aromatic rings. The molecule has 7 aliphatic rings. The van der Waals surface area contributed by atoms with Gasteiger partial charge in [-0.2, -0.15) is 0 Å².